The summed E-state index contributed by atoms with van der Waals surface area (Å²) in [7, 11) is -5.42. The molecular weight excluding hydrogens is 642 g/mol. The second-order valence-corrected chi connectivity index (χ2v) is 13.1. The number of alkyl halides is 3. The molecule has 1 aliphatic heterocycles. The Morgan fingerprint density at radius 1 is 0.955 bits per heavy atom. The number of piperidine rings is 1. The summed E-state index contributed by atoms with van der Waals surface area (Å²) in [6.45, 7) is -1.25. The van der Waals surface area contributed by atoms with Crippen molar-refractivity contribution in [1.29, 1.82) is 0 Å². The number of aromatic nitrogens is 1. The average molecular weight is 669 g/mol. The lowest BCUT2D eigenvalue weighted by molar-refractivity contribution is -0.139. The molecule has 0 bridgehead atoms. The fourth-order valence-electron chi connectivity index (χ4n) is 5.22. The lowest BCUT2D eigenvalue weighted by Gasteiger charge is -2.32. The minimum atomic E-state index is -5.42. The van der Waals surface area contributed by atoms with E-state index in [1.54, 1.807) is 30.3 Å². The summed E-state index contributed by atoms with van der Waals surface area (Å²) in [5.41, 5.74) is -1.57. The van der Waals surface area contributed by atoms with Gasteiger partial charge in [-0.05, 0) is 65.9 Å². The molecule has 1 saturated heterocycles. The normalized spacial score (nSPS) is 15.0. The molecule has 1 aliphatic rings. The smallest absolute Gasteiger partial charge is 0.479 e. The molecule has 5 rings (SSSR count). The highest BCUT2D eigenvalue weighted by Gasteiger charge is 2.50. The zero-order valence-corrected chi connectivity index (χ0v) is 25.2. The molecule has 0 spiro atoms. The third-order valence-corrected chi connectivity index (χ3v) is 9.47. The Kier molecular flexibility index (Phi) is 9.26. The zero-order chi connectivity index (χ0) is 31.6. The lowest BCUT2D eigenvalue weighted by Crippen LogP contribution is -2.47. The molecule has 0 aliphatic carbocycles. The number of rotatable bonds is 9. The second-order valence-electron chi connectivity index (χ2n) is 10.3. The molecule has 1 fully saturated rings. The van der Waals surface area contributed by atoms with E-state index in [2.05, 4.69) is 10.3 Å². The van der Waals surface area contributed by atoms with Gasteiger partial charge in [0.15, 0.2) is 6.61 Å². The molecule has 2 N–H and O–H groups in total. The number of anilines is 1. The van der Waals surface area contributed by atoms with Gasteiger partial charge in [-0.25, -0.2) is 18.2 Å². The van der Waals surface area contributed by atoms with Crippen LogP contribution in [-0.2, 0) is 14.8 Å². The highest BCUT2D eigenvalue weighted by atomic mass is 35.5. The van der Waals surface area contributed by atoms with Crippen LogP contribution >= 0.6 is 23.2 Å². The standard InChI is InChI=1S/C30H26Cl2F3N3O5S/c31-21-6-1-18(2-7-21)29(19-3-8-22(32)9-4-19)20-5-10-25-24(15-20)26(16-27(37-25)43-17-28(39)40)36-23-11-13-38(14-12-23)44(41,42)30(33,34)35/h1-10,15-16,23,29H,11-14,17H2,(H,36,37)(H,39,40). The van der Waals surface area contributed by atoms with Gasteiger partial charge in [-0.1, -0.05) is 53.5 Å². The van der Waals surface area contributed by atoms with Crippen LogP contribution in [0.4, 0.5) is 18.9 Å². The quantitative estimate of drug-likeness (QED) is 0.187. The highest BCUT2D eigenvalue weighted by molar-refractivity contribution is 7.90. The van der Waals surface area contributed by atoms with E-state index in [0.717, 1.165) is 16.7 Å². The van der Waals surface area contributed by atoms with E-state index in [4.69, 9.17) is 33.0 Å². The Bertz CT molecular complexity index is 1720. The third-order valence-electron chi connectivity index (χ3n) is 7.34. The summed E-state index contributed by atoms with van der Waals surface area (Å²) in [4.78, 5) is 15.6. The van der Waals surface area contributed by atoms with Crippen molar-refractivity contribution in [2.75, 3.05) is 25.0 Å². The lowest BCUT2D eigenvalue weighted by atomic mass is 9.84. The molecule has 232 valence electrons. The number of nitrogens with one attached hydrogen (secondary N) is 1. The van der Waals surface area contributed by atoms with E-state index in [0.29, 0.717) is 30.9 Å². The molecule has 4 aromatic rings. The first-order chi connectivity index (χ1) is 20.8. The first-order valence-electron chi connectivity index (χ1n) is 13.4. The van der Waals surface area contributed by atoms with Gasteiger partial charge in [0, 0.05) is 52.2 Å². The number of carbonyl (C=O) groups is 1. The van der Waals surface area contributed by atoms with Gasteiger partial charge < -0.3 is 15.2 Å². The van der Waals surface area contributed by atoms with E-state index in [1.807, 2.05) is 36.4 Å². The summed E-state index contributed by atoms with van der Waals surface area (Å²) >= 11 is 12.3. The number of benzene rings is 3. The number of hydrogen-bond acceptors (Lipinski definition) is 6. The van der Waals surface area contributed by atoms with Gasteiger partial charge in [0.25, 0.3) is 0 Å². The minimum absolute atomic E-state index is 0.0409. The molecular formula is C30H26Cl2F3N3O5S. The summed E-state index contributed by atoms with van der Waals surface area (Å²) < 4.78 is 68.8. The fourth-order valence-corrected chi connectivity index (χ4v) is 6.46. The second kappa shape index (κ2) is 12.8. The van der Waals surface area contributed by atoms with Crippen LogP contribution in [0.3, 0.4) is 0 Å². The number of pyridine rings is 1. The molecule has 8 nitrogen and oxygen atoms in total. The van der Waals surface area contributed by atoms with Crippen LogP contribution in [-0.4, -0.2) is 60.0 Å². The Morgan fingerprint density at radius 2 is 1.50 bits per heavy atom. The largest absolute Gasteiger partial charge is 0.511 e. The van der Waals surface area contributed by atoms with Crippen LogP contribution in [0.5, 0.6) is 5.88 Å². The van der Waals surface area contributed by atoms with E-state index in [1.165, 1.54) is 6.07 Å². The molecule has 3 aromatic carbocycles. The number of carboxylic acid groups (broad SMARTS) is 1. The molecule has 44 heavy (non-hydrogen) atoms. The van der Waals surface area contributed by atoms with E-state index in [-0.39, 0.29) is 43.8 Å². The van der Waals surface area contributed by atoms with Gasteiger partial charge in [-0.15, -0.1) is 0 Å². The molecule has 0 saturated carbocycles. The molecule has 0 amide bonds. The topological polar surface area (TPSA) is 109 Å². The summed E-state index contributed by atoms with van der Waals surface area (Å²) in [5.74, 6) is -1.39. The van der Waals surface area contributed by atoms with Crippen molar-refractivity contribution in [3.8, 4) is 5.88 Å². The SMILES string of the molecule is O=C(O)COc1cc(NC2CCN(S(=O)(=O)C(F)(F)F)CC2)c2cc(C(c3ccc(Cl)cc3)c3ccc(Cl)cc3)ccc2n1. The van der Waals surface area contributed by atoms with Crippen LogP contribution in [0, 0.1) is 0 Å². The molecule has 1 aromatic heterocycles. The maximum absolute atomic E-state index is 13.1. The Hall–Kier alpha value is -3.58. The van der Waals surface area contributed by atoms with Gasteiger partial charge in [0.2, 0.25) is 5.88 Å². The number of sulfonamides is 1. The maximum atomic E-state index is 13.1. The zero-order valence-electron chi connectivity index (χ0n) is 22.9. The highest BCUT2D eigenvalue weighted by Crippen LogP contribution is 2.37. The van der Waals surface area contributed by atoms with E-state index >= 15 is 0 Å². The van der Waals surface area contributed by atoms with Gasteiger partial charge in [0.1, 0.15) is 0 Å². The fraction of sp³-hybridized carbons (Fsp3) is 0.267. The number of carboxylic acids is 1. The van der Waals surface area contributed by atoms with Crippen molar-refractivity contribution in [1.82, 2.24) is 9.29 Å². The maximum Gasteiger partial charge on any atom is 0.511 e. The Balaban J connectivity index is 1.53. The first kappa shape index (κ1) is 31.8. The van der Waals surface area contributed by atoms with Gasteiger partial charge in [-0.2, -0.15) is 17.5 Å². The number of nitrogens with zero attached hydrogens (tertiary/aromatic N) is 2. The van der Waals surface area contributed by atoms with E-state index < -0.39 is 28.1 Å². The predicted octanol–water partition coefficient (Wildman–Crippen LogP) is 6.91. The molecule has 14 heteroatoms. The number of halogens is 5. The van der Waals surface area contributed by atoms with Crippen LogP contribution in [0.2, 0.25) is 10.0 Å². The molecule has 0 atom stereocenters. The Labute approximate surface area is 261 Å². The summed E-state index contributed by atoms with van der Waals surface area (Å²) in [6, 6.07) is 21.7. The van der Waals surface area contributed by atoms with Crippen LogP contribution < -0.4 is 10.1 Å². The average Bonchev–Trinajstić information content (AvgIpc) is 2.98. The number of ether oxygens (including phenoxy) is 1. The number of hydrogen-bond donors (Lipinski definition) is 2. The molecule has 0 radical (unpaired) electrons. The third kappa shape index (κ3) is 7.04. The predicted molar refractivity (Wildman–Crippen MR) is 162 cm³/mol. The minimum Gasteiger partial charge on any atom is -0.479 e. The van der Waals surface area contributed by atoms with Crippen molar-refractivity contribution >= 4 is 55.8 Å². The van der Waals surface area contributed by atoms with Gasteiger partial charge in [-0.3, -0.25) is 0 Å². The number of aliphatic carboxylic acids is 1. The van der Waals surface area contributed by atoms with Crippen LogP contribution in [0.15, 0.2) is 72.8 Å². The van der Waals surface area contributed by atoms with Crippen molar-refractivity contribution in [2.24, 2.45) is 0 Å². The number of fused-ring (bicyclic) bond motifs is 1. The van der Waals surface area contributed by atoms with Crippen molar-refractivity contribution in [2.45, 2.75) is 30.3 Å². The Morgan fingerprint density at radius 3 is 2.02 bits per heavy atom. The van der Waals surface area contributed by atoms with E-state index in [9.17, 15) is 26.4 Å². The van der Waals surface area contributed by atoms with Gasteiger partial charge in [0.05, 0.1) is 5.52 Å². The van der Waals surface area contributed by atoms with Crippen LogP contribution in [0.25, 0.3) is 10.9 Å². The van der Waals surface area contributed by atoms with Crippen LogP contribution in [0.1, 0.15) is 35.4 Å². The summed E-state index contributed by atoms with van der Waals surface area (Å²) in [6.07, 6.45) is 0.227. The molecule has 2 heterocycles. The summed E-state index contributed by atoms with van der Waals surface area (Å²) in [5, 5.41) is 14.2. The van der Waals surface area contributed by atoms with Crippen molar-refractivity contribution in [3.05, 3.63) is 99.5 Å². The first-order valence-corrected chi connectivity index (χ1v) is 15.6. The van der Waals surface area contributed by atoms with Crippen molar-refractivity contribution in [3.63, 3.8) is 0 Å². The van der Waals surface area contributed by atoms with Gasteiger partial charge >= 0.3 is 21.5 Å². The van der Waals surface area contributed by atoms with Crippen molar-refractivity contribution < 1.29 is 36.2 Å². The monoisotopic (exact) mass is 667 g/mol. The molecule has 0 unspecified atom stereocenters.